The van der Waals surface area contributed by atoms with E-state index in [2.05, 4.69) is 0 Å². The number of hydrogen-bond acceptors (Lipinski definition) is 3. The molecule has 0 aliphatic heterocycles. The first-order valence-electron chi connectivity index (χ1n) is 4.09. The monoisotopic (exact) mass is 161 g/mol. The van der Waals surface area contributed by atoms with E-state index < -0.39 is 0 Å². The summed E-state index contributed by atoms with van der Waals surface area (Å²) in [6.45, 7) is 4.24. The summed E-state index contributed by atoms with van der Waals surface area (Å²) < 4.78 is 0. The van der Waals surface area contributed by atoms with Gasteiger partial charge in [-0.25, -0.2) is 0 Å². The van der Waals surface area contributed by atoms with Crippen molar-refractivity contribution in [2.45, 2.75) is 26.3 Å². The van der Waals surface area contributed by atoms with E-state index in [1.54, 1.807) is 0 Å². The lowest BCUT2D eigenvalue weighted by Gasteiger charge is -2.20. The zero-order valence-corrected chi connectivity index (χ0v) is 7.33. The van der Waals surface area contributed by atoms with Crippen LogP contribution in [0.3, 0.4) is 0 Å². The van der Waals surface area contributed by atoms with E-state index in [-0.39, 0.29) is 25.2 Å². The predicted molar refractivity (Wildman–Crippen MR) is 45.1 cm³/mol. The van der Waals surface area contributed by atoms with Gasteiger partial charge in [0, 0.05) is 12.6 Å². The third-order valence-electron chi connectivity index (χ3n) is 2.17. The summed E-state index contributed by atoms with van der Waals surface area (Å²) in [5, 5.41) is 17.4. The lowest BCUT2D eigenvalue weighted by Crippen LogP contribution is -2.29. The molecule has 0 rings (SSSR count). The molecule has 0 aliphatic rings. The number of hydrogen-bond donors (Lipinski definition) is 3. The standard InChI is InChI=1S/C8H19NO2/c1-6(7(2)4-10)3-8(9)5-11/h6-8,10-11H,3-5,9H2,1-2H3/t6-,7-,8+/m0/s1. The van der Waals surface area contributed by atoms with Crippen molar-refractivity contribution in [1.82, 2.24) is 0 Å². The van der Waals surface area contributed by atoms with Crippen LogP contribution < -0.4 is 5.73 Å². The molecule has 0 spiro atoms. The number of nitrogens with two attached hydrogens (primary N) is 1. The van der Waals surface area contributed by atoms with Gasteiger partial charge in [-0.05, 0) is 18.3 Å². The molecule has 0 aliphatic carbocycles. The van der Waals surface area contributed by atoms with Crippen molar-refractivity contribution in [2.75, 3.05) is 13.2 Å². The van der Waals surface area contributed by atoms with Gasteiger partial charge in [-0.3, -0.25) is 0 Å². The van der Waals surface area contributed by atoms with Crippen LogP contribution in [0.4, 0.5) is 0 Å². The van der Waals surface area contributed by atoms with Crippen molar-refractivity contribution in [2.24, 2.45) is 17.6 Å². The molecule has 3 nitrogen and oxygen atoms in total. The Bertz CT molecular complexity index is 98.1. The van der Waals surface area contributed by atoms with E-state index in [1.807, 2.05) is 13.8 Å². The topological polar surface area (TPSA) is 66.5 Å². The Morgan fingerprint density at radius 1 is 1.09 bits per heavy atom. The van der Waals surface area contributed by atoms with E-state index in [1.165, 1.54) is 0 Å². The van der Waals surface area contributed by atoms with Crippen molar-refractivity contribution in [3.63, 3.8) is 0 Å². The summed E-state index contributed by atoms with van der Waals surface area (Å²) in [4.78, 5) is 0. The minimum Gasteiger partial charge on any atom is -0.396 e. The Balaban J connectivity index is 3.58. The molecule has 0 unspecified atom stereocenters. The second kappa shape index (κ2) is 5.52. The van der Waals surface area contributed by atoms with Crippen LogP contribution >= 0.6 is 0 Å². The molecule has 0 aromatic rings. The molecule has 0 radical (unpaired) electrons. The molecule has 0 amide bonds. The number of rotatable bonds is 5. The first kappa shape index (κ1) is 10.9. The zero-order chi connectivity index (χ0) is 8.85. The highest BCUT2D eigenvalue weighted by atomic mass is 16.3. The quantitative estimate of drug-likeness (QED) is 0.530. The van der Waals surface area contributed by atoms with Crippen LogP contribution in [-0.2, 0) is 0 Å². The summed E-state index contributed by atoms with van der Waals surface area (Å²) in [5.41, 5.74) is 5.53. The Kier molecular flexibility index (Phi) is 5.46. The van der Waals surface area contributed by atoms with Crippen LogP contribution in [0.15, 0.2) is 0 Å². The van der Waals surface area contributed by atoms with Gasteiger partial charge < -0.3 is 15.9 Å². The third-order valence-corrected chi connectivity index (χ3v) is 2.17. The minimum absolute atomic E-state index is 0.0302. The van der Waals surface area contributed by atoms with Crippen LogP contribution in [-0.4, -0.2) is 29.5 Å². The maximum absolute atomic E-state index is 8.79. The summed E-state index contributed by atoms with van der Waals surface area (Å²) in [5.74, 6) is 0.648. The van der Waals surface area contributed by atoms with Gasteiger partial charge in [-0.15, -0.1) is 0 Å². The molecule has 4 N–H and O–H groups in total. The smallest absolute Gasteiger partial charge is 0.0582 e. The summed E-state index contributed by atoms with van der Waals surface area (Å²) in [6, 6.07) is -0.140. The highest BCUT2D eigenvalue weighted by Crippen LogP contribution is 2.15. The van der Waals surface area contributed by atoms with Crippen LogP contribution in [0.1, 0.15) is 20.3 Å². The molecular weight excluding hydrogens is 142 g/mol. The van der Waals surface area contributed by atoms with Crippen molar-refractivity contribution in [3.8, 4) is 0 Å². The highest BCUT2D eigenvalue weighted by Gasteiger charge is 2.13. The summed E-state index contributed by atoms with van der Waals surface area (Å²) in [7, 11) is 0. The molecule has 0 aromatic heterocycles. The van der Waals surface area contributed by atoms with Crippen LogP contribution in [0.2, 0.25) is 0 Å². The average Bonchev–Trinajstić information content (AvgIpc) is 2.02. The van der Waals surface area contributed by atoms with Crippen LogP contribution in [0, 0.1) is 11.8 Å². The number of aliphatic hydroxyl groups excluding tert-OH is 2. The zero-order valence-electron chi connectivity index (χ0n) is 7.33. The van der Waals surface area contributed by atoms with Gasteiger partial charge in [-0.1, -0.05) is 13.8 Å². The van der Waals surface area contributed by atoms with E-state index >= 15 is 0 Å². The molecule has 0 bridgehead atoms. The second-order valence-corrected chi connectivity index (χ2v) is 3.32. The van der Waals surface area contributed by atoms with Gasteiger partial charge in [0.05, 0.1) is 6.61 Å². The Morgan fingerprint density at radius 3 is 2.00 bits per heavy atom. The maximum atomic E-state index is 8.79. The molecule has 0 fully saturated rings. The molecule has 0 heterocycles. The minimum atomic E-state index is -0.140. The third kappa shape index (κ3) is 4.35. The molecule has 0 aromatic carbocycles. The fraction of sp³-hybridized carbons (Fsp3) is 1.00. The number of aliphatic hydroxyl groups is 2. The van der Waals surface area contributed by atoms with E-state index in [4.69, 9.17) is 15.9 Å². The molecule has 11 heavy (non-hydrogen) atoms. The fourth-order valence-electron chi connectivity index (χ4n) is 0.964. The van der Waals surface area contributed by atoms with E-state index in [0.29, 0.717) is 5.92 Å². The van der Waals surface area contributed by atoms with E-state index in [0.717, 1.165) is 6.42 Å². The van der Waals surface area contributed by atoms with Gasteiger partial charge in [0.2, 0.25) is 0 Å². The molecular formula is C8H19NO2. The predicted octanol–water partition coefficient (Wildman–Crippen LogP) is -0.0394. The van der Waals surface area contributed by atoms with Gasteiger partial charge in [0.15, 0.2) is 0 Å². The Labute approximate surface area is 68.2 Å². The fourth-order valence-corrected chi connectivity index (χ4v) is 0.964. The van der Waals surface area contributed by atoms with Crippen molar-refractivity contribution in [3.05, 3.63) is 0 Å². The lowest BCUT2D eigenvalue weighted by atomic mass is 9.91. The first-order valence-corrected chi connectivity index (χ1v) is 4.09. The molecule has 0 saturated heterocycles. The largest absolute Gasteiger partial charge is 0.396 e. The van der Waals surface area contributed by atoms with Crippen molar-refractivity contribution in [1.29, 1.82) is 0 Å². The first-order chi connectivity index (χ1) is 5.11. The van der Waals surface area contributed by atoms with Gasteiger partial charge >= 0.3 is 0 Å². The normalized spacial score (nSPS) is 19.4. The van der Waals surface area contributed by atoms with E-state index in [9.17, 15) is 0 Å². The Hall–Kier alpha value is -0.120. The van der Waals surface area contributed by atoms with Gasteiger partial charge in [-0.2, -0.15) is 0 Å². The van der Waals surface area contributed by atoms with Crippen LogP contribution in [0.5, 0.6) is 0 Å². The molecule has 3 atom stereocenters. The maximum Gasteiger partial charge on any atom is 0.0582 e. The highest BCUT2D eigenvalue weighted by molar-refractivity contribution is 4.68. The molecule has 0 saturated carbocycles. The molecule has 3 heteroatoms. The second-order valence-electron chi connectivity index (χ2n) is 3.32. The molecule has 68 valence electrons. The van der Waals surface area contributed by atoms with Gasteiger partial charge in [0.25, 0.3) is 0 Å². The average molecular weight is 161 g/mol. The van der Waals surface area contributed by atoms with Crippen molar-refractivity contribution >= 4 is 0 Å². The van der Waals surface area contributed by atoms with Crippen LogP contribution in [0.25, 0.3) is 0 Å². The summed E-state index contributed by atoms with van der Waals surface area (Å²) >= 11 is 0. The lowest BCUT2D eigenvalue weighted by molar-refractivity contribution is 0.173. The SMILES string of the molecule is C[C@@H](CO)[C@@H](C)C[C@@H](N)CO. The van der Waals surface area contributed by atoms with Crippen molar-refractivity contribution < 1.29 is 10.2 Å². The summed E-state index contributed by atoms with van der Waals surface area (Å²) in [6.07, 6.45) is 0.776. The Morgan fingerprint density at radius 2 is 1.64 bits per heavy atom. The van der Waals surface area contributed by atoms with Gasteiger partial charge in [0.1, 0.15) is 0 Å².